The van der Waals surface area contributed by atoms with Crippen LogP contribution in [0.1, 0.15) is 46.6 Å². The maximum Gasteiger partial charge on any atom is 0.337 e. The molecule has 1 aromatic heterocycles. The fraction of sp³-hybridized carbons (Fsp3) is 0.370. The third kappa shape index (κ3) is 4.32. The monoisotopic (exact) mass is 448 g/mol. The molecule has 168 valence electrons. The Kier molecular flexibility index (Phi) is 6.15. The van der Waals surface area contributed by atoms with E-state index in [-0.39, 0.29) is 5.41 Å². The molecule has 0 fully saturated rings. The zero-order valence-corrected chi connectivity index (χ0v) is 20.4. The first kappa shape index (κ1) is 22.6. The average molecular weight is 449 g/mol. The highest BCUT2D eigenvalue weighted by Gasteiger charge is 2.33. The van der Waals surface area contributed by atoms with Gasteiger partial charge in [0.2, 0.25) is 0 Å². The van der Waals surface area contributed by atoms with Gasteiger partial charge in [0, 0.05) is 36.1 Å². The molecule has 0 saturated carbocycles. The number of hydrogen-bond acceptors (Lipinski definition) is 4. The molecule has 32 heavy (non-hydrogen) atoms. The summed E-state index contributed by atoms with van der Waals surface area (Å²) in [7, 11) is 6.01. The number of carboxylic acids is 1. The van der Waals surface area contributed by atoms with E-state index in [0.29, 0.717) is 12.1 Å². The second-order valence-corrected chi connectivity index (χ2v) is 10.8. The molecule has 0 radical (unpaired) electrons. The van der Waals surface area contributed by atoms with Crippen molar-refractivity contribution in [2.24, 2.45) is 5.41 Å². The van der Waals surface area contributed by atoms with E-state index in [2.05, 4.69) is 66.5 Å². The van der Waals surface area contributed by atoms with Crippen LogP contribution >= 0.6 is 11.3 Å². The van der Waals surface area contributed by atoms with Crippen molar-refractivity contribution in [3.8, 4) is 21.6 Å². The summed E-state index contributed by atoms with van der Waals surface area (Å²) in [4.78, 5) is 16.6. The number of aryl methyl sites for hydroxylation is 1. The summed E-state index contributed by atoms with van der Waals surface area (Å²) in [6.45, 7) is 5.16. The third-order valence-corrected chi connectivity index (χ3v) is 7.75. The van der Waals surface area contributed by atoms with E-state index in [0.717, 1.165) is 52.0 Å². The molecule has 2 N–H and O–H groups in total. The number of rotatable bonds is 6. The first-order valence-corrected chi connectivity index (χ1v) is 12.0. The highest BCUT2D eigenvalue weighted by molar-refractivity contribution is 7.16. The quantitative estimate of drug-likeness (QED) is 0.480. The Hall–Kier alpha value is -2.63. The summed E-state index contributed by atoms with van der Waals surface area (Å²) >= 11 is 1.68. The van der Waals surface area contributed by atoms with Gasteiger partial charge in [0.25, 0.3) is 0 Å². The van der Waals surface area contributed by atoms with Crippen molar-refractivity contribution in [3.63, 3.8) is 0 Å². The van der Waals surface area contributed by atoms with Crippen LogP contribution in [0, 0.1) is 5.41 Å². The van der Waals surface area contributed by atoms with Gasteiger partial charge in [-0.2, -0.15) is 0 Å². The second-order valence-electron chi connectivity index (χ2n) is 9.70. The zero-order valence-electron chi connectivity index (χ0n) is 19.6. The Morgan fingerprint density at radius 1 is 1.12 bits per heavy atom. The van der Waals surface area contributed by atoms with Gasteiger partial charge in [-0.1, -0.05) is 38.1 Å². The number of aromatic carboxylic acids is 1. The molecule has 0 aliphatic heterocycles. The first-order valence-electron chi connectivity index (χ1n) is 11.1. The number of thiophene rings is 1. The van der Waals surface area contributed by atoms with E-state index in [1.807, 2.05) is 21.1 Å². The molecule has 2 aromatic carbocycles. The van der Waals surface area contributed by atoms with Crippen LogP contribution in [-0.4, -0.2) is 32.2 Å². The van der Waals surface area contributed by atoms with Gasteiger partial charge in [0.15, 0.2) is 0 Å². The largest absolute Gasteiger partial charge is 0.478 e. The summed E-state index contributed by atoms with van der Waals surface area (Å²) in [5.74, 6) is -0.811. The summed E-state index contributed by atoms with van der Waals surface area (Å²) in [5.41, 5.74) is 7.33. The first-order chi connectivity index (χ1) is 15.2. The fourth-order valence-electron chi connectivity index (χ4n) is 4.62. The minimum absolute atomic E-state index is 0.145. The highest BCUT2D eigenvalue weighted by Crippen LogP contribution is 2.46. The van der Waals surface area contributed by atoms with Crippen molar-refractivity contribution in [2.45, 2.75) is 39.7 Å². The SMILES string of the molecule is CNCc1cc(-c2ccc(N(C)C)cc2)ccc1-c1sc2c(c1C(=O)O)CC(C)(C)CC2. The summed E-state index contributed by atoms with van der Waals surface area (Å²) < 4.78 is 0. The average Bonchev–Trinajstić information content (AvgIpc) is 3.11. The fourth-order valence-corrected chi connectivity index (χ4v) is 5.99. The minimum Gasteiger partial charge on any atom is -0.478 e. The van der Waals surface area contributed by atoms with E-state index >= 15 is 0 Å². The van der Waals surface area contributed by atoms with Crippen LogP contribution < -0.4 is 10.2 Å². The van der Waals surface area contributed by atoms with Gasteiger partial charge >= 0.3 is 5.97 Å². The molecule has 1 aliphatic rings. The Morgan fingerprint density at radius 3 is 2.44 bits per heavy atom. The standard InChI is InChI=1S/C27H32N2O2S/c1-27(2)13-12-23-22(15-27)24(26(30)31)25(32-23)21-11-8-18(14-19(21)16-28-3)17-6-9-20(10-7-17)29(4)5/h6-11,14,28H,12-13,15-16H2,1-5H3,(H,30,31). The van der Waals surface area contributed by atoms with Crippen molar-refractivity contribution in [1.82, 2.24) is 5.32 Å². The molecule has 4 nitrogen and oxygen atoms in total. The molecule has 4 rings (SSSR count). The summed E-state index contributed by atoms with van der Waals surface area (Å²) in [6.07, 6.45) is 2.90. The predicted molar refractivity (Wildman–Crippen MR) is 135 cm³/mol. The van der Waals surface area contributed by atoms with Crippen molar-refractivity contribution in [3.05, 3.63) is 64.0 Å². The molecule has 5 heteroatoms. The van der Waals surface area contributed by atoms with Crippen LogP contribution in [0.25, 0.3) is 21.6 Å². The number of nitrogens with zero attached hydrogens (tertiary/aromatic N) is 1. The lowest BCUT2D eigenvalue weighted by molar-refractivity contribution is 0.0696. The number of anilines is 1. The molecule has 3 aromatic rings. The lowest BCUT2D eigenvalue weighted by atomic mass is 9.76. The molecular weight excluding hydrogens is 416 g/mol. The van der Waals surface area contributed by atoms with E-state index < -0.39 is 5.97 Å². The van der Waals surface area contributed by atoms with E-state index in [9.17, 15) is 9.90 Å². The minimum atomic E-state index is -0.811. The van der Waals surface area contributed by atoms with Gasteiger partial charge in [-0.25, -0.2) is 4.79 Å². The van der Waals surface area contributed by atoms with Crippen LogP contribution in [0.15, 0.2) is 42.5 Å². The smallest absolute Gasteiger partial charge is 0.337 e. The molecule has 0 amide bonds. The Labute approximate surface area is 194 Å². The third-order valence-electron chi connectivity index (χ3n) is 6.42. The second kappa shape index (κ2) is 8.72. The van der Waals surface area contributed by atoms with Crippen LogP contribution in [0.5, 0.6) is 0 Å². The van der Waals surface area contributed by atoms with Crippen LogP contribution in [-0.2, 0) is 19.4 Å². The highest BCUT2D eigenvalue weighted by atomic mass is 32.1. The summed E-state index contributed by atoms with van der Waals surface area (Å²) in [6, 6.07) is 15.0. The predicted octanol–water partition coefficient (Wildman–Crippen LogP) is 6.08. The number of hydrogen-bond donors (Lipinski definition) is 2. The van der Waals surface area contributed by atoms with Gasteiger partial charge < -0.3 is 15.3 Å². The van der Waals surface area contributed by atoms with Gasteiger partial charge in [0.05, 0.1) is 5.56 Å². The number of nitrogens with one attached hydrogen (secondary N) is 1. The van der Waals surface area contributed by atoms with Gasteiger partial charge in [-0.3, -0.25) is 0 Å². The van der Waals surface area contributed by atoms with Crippen molar-refractivity contribution in [2.75, 3.05) is 26.0 Å². The molecular formula is C27H32N2O2S. The Balaban J connectivity index is 1.81. The van der Waals surface area contributed by atoms with Gasteiger partial charge in [-0.05, 0) is 77.7 Å². The van der Waals surface area contributed by atoms with Crippen molar-refractivity contribution < 1.29 is 9.90 Å². The lowest BCUT2D eigenvalue weighted by Gasteiger charge is -2.29. The van der Waals surface area contributed by atoms with Crippen LogP contribution in [0.3, 0.4) is 0 Å². The molecule has 0 bridgehead atoms. The topological polar surface area (TPSA) is 52.6 Å². The number of fused-ring (bicyclic) bond motifs is 1. The number of carbonyl (C=O) groups is 1. The van der Waals surface area contributed by atoms with Crippen LogP contribution in [0.2, 0.25) is 0 Å². The molecule has 1 heterocycles. The van der Waals surface area contributed by atoms with Crippen molar-refractivity contribution >= 4 is 23.0 Å². The molecule has 0 atom stereocenters. The number of carboxylic acid groups (broad SMARTS) is 1. The van der Waals surface area contributed by atoms with Crippen LogP contribution in [0.4, 0.5) is 5.69 Å². The van der Waals surface area contributed by atoms with Gasteiger partial charge in [-0.15, -0.1) is 11.3 Å². The van der Waals surface area contributed by atoms with Gasteiger partial charge in [0.1, 0.15) is 0 Å². The number of benzene rings is 2. The Bertz CT molecular complexity index is 1140. The van der Waals surface area contributed by atoms with Crippen molar-refractivity contribution in [1.29, 1.82) is 0 Å². The Morgan fingerprint density at radius 2 is 1.81 bits per heavy atom. The van der Waals surface area contributed by atoms with E-state index in [1.54, 1.807) is 11.3 Å². The van der Waals surface area contributed by atoms with E-state index in [4.69, 9.17) is 0 Å². The molecule has 1 aliphatic carbocycles. The normalized spacial score (nSPS) is 14.8. The summed E-state index contributed by atoms with van der Waals surface area (Å²) in [5, 5.41) is 13.4. The molecule has 0 unspecified atom stereocenters. The van der Waals surface area contributed by atoms with E-state index in [1.165, 1.54) is 10.6 Å². The molecule has 0 spiro atoms. The zero-order chi connectivity index (χ0) is 23.0. The lowest BCUT2D eigenvalue weighted by Crippen LogP contribution is -2.22. The molecule has 0 saturated heterocycles. The maximum atomic E-state index is 12.4. The maximum absolute atomic E-state index is 12.4.